The maximum atomic E-state index is 12.2. The van der Waals surface area contributed by atoms with Crippen molar-refractivity contribution in [2.75, 3.05) is 13.3 Å². The monoisotopic (exact) mass is 260 g/mol. The van der Waals surface area contributed by atoms with Crippen molar-refractivity contribution < 1.29 is 44.7 Å². The van der Waals surface area contributed by atoms with Crippen molar-refractivity contribution in [3.05, 3.63) is 0 Å². The Morgan fingerprint density at radius 3 is 1.81 bits per heavy atom. The lowest BCUT2D eigenvalue weighted by atomic mass is 10.3. The van der Waals surface area contributed by atoms with Crippen LogP contribution >= 0.6 is 0 Å². The fourth-order valence-electron chi connectivity index (χ4n) is 0.421. The van der Waals surface area contributed by atoms with Crippen LogP contribution < -0.4 is 0 Å². The summed E-state index contributed by atoms with van der Waals surface area (Å²) in [7, 11) is 0. The molecule has 0 unspecified atom stereocenters. The fourth-order valence-corrected chi connectivity index (χ4v) is 0.421. The van der Waals surface area contributed by atoms with Crippen LogP contribution in [0.2, 0.25) is 0 Å². The Bertz CT molecular complexity index is 263. The second kappa shape index (κ2) is 4.52. The van der Waals surface area contributed by atoms with Crippen LogP contribution in [-0.2, 0) is 9.53 Å². The largest absolute Gasteiger partial charge is 0.422 e. The van der Waals surface area contributed by atoms with Gasteiger partial charge in [-0.2, -0.15) is 30.7 Å². The summed E-state index contributed by atoms with van der Waals surface area (Å²) in [6.45, 7) is -5.49. The van der Waals surface area contributed by atoms with Crippen molar-refractivity contribution in [3.8, 4) is 0 Å². The van der Waals surface area contributed by atoms with E-state index in [1.165, 1.54) is 0 Å². The summed E-state index contributed by atoms with van der Waals surface area (Å²) in [6, 6.07) is -3.33. The van der Waals surface area contributed by atoms with Gasteiger partial charge in [0.05, 0.1) is 0 Å². The normalized spacial score (nSPS) is 14.0. The molecule has 16 heavy (non-hydrogen) atoms. The molecular weight excluding hydrogens is 256 g/mol. The van der Waals surface area contributed by atoms with Crippen LogP contribution in [-0.4, -0.2) is 37.3 Å². The minimum Gasteiger partial charge on any atom is -0.309 e. The van der Waals surface area contributed by atoms with Gasteiger partial charge in [-0.05, 0) is 0 Å². The summed E-state index contributed by atoms with van der Waals surface area (Å²) in [6.07, 6.45) is -5.57. The summed E-state index contributed by atoms with van der Waals surface area (Å²) in [5.41, 5.74) is 0. The molecule has 0 atom stereocenters. The van der Waals surface area contributed by atoms with Crippen molar-refractivity contribution >= 4 is 6.04 Å². The van der Waals surface area contributed by atoms with E-state index >= 15 is 0 Å². The molecule has 0 spiro atoms. The van der Waals surface area contributed by atoms with E-state index in [2.05, 4.69) is 4.74 Å². The third-order valence-electron chi connectivity index (χ3n) is 1.32. The molecule has 0 aromatic rings. The topological polar surface area (TPSA) is 26.3 Å². The lowest BCUT2D eigenvalue weighted by Crippen LogP contribution is -2.47. The SMILES string of the molecule is O=C(F)C(F)(F)COC(F)(F)C(F)(F)CF. The highest BCUT2D eigenvalue weighted by Gasteiger charge is 2.59. The lowest BCUT2D eigenvalue weighted by molar-refractivity contribution is -0.359. The molecule has 0 heterocycles. The molecule has 0 aliphatic carbocycles. The molecule has 0 saturated heterocycles. The zero-order valence-electron chi connectivity index (χ0n) is 7.25. The van der Waals surface area contributed by atoms with E-state index < -0.39 is 37.3 Å². The Morgan fingerprint density at radius 2 is 1.50 bits per heavy atom. The standard InChI is InChI=1S/C6H4F8O2/c7-1-5(11,12)6(13,14)16-2-4(9,10)3(8)15/h1-2H2. The molecule has 0 rings (SSSR count). The van der Waals surface area contributed by atoms with Crippen LogP contribution in [0.1, 0.15) is 0 Å². The Labute approximate surface area is 83.2 Å². The zero-order chi connectivity index (χ0) is 13.2. The van der Waals surface area contributed by atoms with Crippen molar-refractivity contribution in [2.24, 2.45) is 0 Å². The van der Waals surface area contributed by atoms with Crippen LogP contribution in [0, 0.1) is 0 Å². The molecule has 0 bridgehead atoms. The number of alkyl halides is 7. The minimum atomic E-state index is -5.57. The predicted octanol–water partition coefficient (Wildman–Crippen LogP) is 2.33. The summed E-state index contributed by atoms with van der Waals surface area (Å²) in [5.74, 6) is -10.3. The van der Waals surface area contributed by atoms with E-state index in [0.29, 0.717) is 0 Å². The molecule has 0 aromatic carbocycles. The summed E-state index contributed by atoms with van der Waals surface area (Å²) >= 11 is 0. The van der Waals surface area contributed by atoms with Crippen LogP contribution in [0.5, 0.6) is 0 Å². The second-order valence-corrected chi connectivity index (χ2v) is 2.62. The average Bonchev–Trinajstić information content (AvgIpc) is 2.14. The number of halogens is 8. The van der Waals surface area contributed by atoms with Gasteiger partial charge in [-0.1, -0.05) is 0 Å². The molecule has 0 aliphatic heterocycles. The highest BCUT2D eigenvalue weighted by atomic mass is 19.3. The number of carbonyl (C=O) groups excluding carboxylic acids is 1. The van der Waals surface area contributed by atoms with Gasteiger partial charge in [-0.3, -0.25) is 4.79 Å². The highest BCUT2D eigenvalue weighted by molar-refractivity contribution is 5.76. The van der Waals surface area contributed by atoms with Crippen LogP contribution in [0.15, 0.2) is 0 Å². The summed E-state index contributed by atoms with van der Waals surface area (Å²) in [5, 5.41) is 0. The van der Waals surface area contributed by atoms with E-state index in [0.717, 1.165) is 0 Å². The molecule has 10 heteroatoms. The number of hydrogen-bond donors (Lipinski definition) is 0. The first-order chi connectivity index (χ1) is 6.96. The third kappa shape index (κ3) is 3.29. The van der Waals surface area contributed by atoms with Crippen molar-refractivity contribution in [1.82, 2.24) is 0 Å². The second-order valence-electron chi connectivity index (χ2n) is 2.62. The number of hydrogen-bond acceptors (Lipinski definition) is 2. The average molecular weight is 260 g/mol. The molecule has 0 fully saturated rings. The van der Waals surface area contributed by atoms with Gasteiger partial charge in [0.15, 0.2) is 6.67 Å². The molecule has 0 amide bonds. The van der Waals surface area contributed by atoms with E-state index in [1.54, 1.807) is 0 Å². The fraction of sp³-hybridized carbons (Fsp3) is 0.833. The molecule has 0 aliphatic rings. The Balaban J connectivity index is 4.58. The molecule has 0 aromatic heterocycles. The first kappa shape index (κ1) is 15.1. The molecular formula is C6H4F8O2. The van der Waals surface area contributed by atoms with Crippen molar-refractivity contribution in [2.45, 2.75) is 18.0 Å². The van der Waals surface area contributed by atoms with Gasteiger partial charge < -0.3 is 4.74 Å². The Kier molecular flexibility index (Phi) is 4.25. The van der Waals surface area contributed by atoms with Crippen molar-refractivity contribution in [1.29, 1.82) is 0 Å². The molecule has 0 saturated carbocycles. The maximum Gasteiger partial charge on any atom is 0.422 e. The number of ether oxygens (including phenoxy) is 1. The molecule has 0 radical (unpaired) electrons. The number of carbonyl (C=O) groups is 1. The van der Waals surface area contributed by atoms with E-state index in [-0.39, 0.29) is 0 Å². The summed E-state index contributed by atoms with van der Waals surface area (Å²) in [4.78, 5) is 9.50. The molecule has 96 valence electrons. The van der Waals surface area contributed by atoms with Gasteiger partial charge in [0, 0.05) is 0 Å². The predicted molar refractivity (Wildman–Crippen MR) is 32.9 cm³/mol. The Morgan fingerprint density at radius 1 is 1.06 bits per heavy atom. The van der Waals surface area contributed by atoms with Gasteiger partial charge in [-0.15, -0.1) is 0 Å². The Hall–Kier alpha value is -0.930. The lowest BCUT2D eigenvalue weighted by Gasteiger charge is -2.24. The van der Waals surface area contributed by atoms with E-state index in [1.807, 2.05) is 0 Å². The zero-order valence-corrected chi connectivity index (χ0v) is 7.25. The first-order valence-corrected chi connectivity index (χ1v) is 3.49. The summed E-state index contributed by atoms with van der Waals surface area (Å²) < 4.78 is 98.1. The number of rotatable bonds is 6. The third-order valence-corrected chi connectivity index (χ3v) is 1.32. The molecule has 2 nitrogen and oxygen atoms in total. The van der Waals surface area contributed by atoms with E-state index in [9.17, 15) is 39.9 Å². The van der Waals surface area contributed by atoms with Crippen LogP contribution in [0.3, 0.4) is 0 Å². The first-order valence-electron chi connectivity index (χ1n) is 3.49. The van der Waals surface area contributed by atoms with Crippen LogP contribution in [0.25, 0.3) is 0 Å². The van der Waals surface area contributed by atoms with Gasteiger partial charge in [0.2, 0.25) is 0 Å². The smallest absolute Gasteiger partial charge is 0.309 e. The van der Waals surface area contributed by atoms with Crippen LogP contribution in [0.4, 0.5) is 35.1 Å². The quantitative estimate of drug-likeness (QED) is 0.541. The molecule has 0 N–H and O–H groups in total. The van der Waals surface area contributed by atoms with Gasteiger partial charge in [0.25, 0.3) is 0 Å². The van der Waals surface area contributed by atoms with Gasteiger partial charge in [0.1, 0.15) is 6.61 Å². The highest BCUT2D eigenvalue weighted by Crippen LogP contribution is 2.36. The van der Waals surface area contributed by atoms with Gasteiger partial charge >= 0.3 is 24.0 Å². The maximum absolute atomic E-state index is 12.2. The van der Waals surface area contributed by atoms with E-state index in [4.69, 9.17) is 0 Å². The van der Waals surface area contributed by atoms with Gasteiger partial charge in [-0.25, -0.2) is 4.39 Å². The van der Waals surface area contributed by atoms with Crippen molar-refractivity contribution in [3.63, 3.8) is 0 Å². The minimum absolute atomic E-state index is 2.62.